The van der Waals surface area contributed by atoms with E-state index in [1.807, 2.05) is 0 Å². The molecule has 1 saturated carbocycles. The van der Waals surface area contributed by atoms with Gasteiger partial charge >= 0.3 is 0 Å². The fourth-order valence-electron chi connectivity index (χ4n) is 2.35. The standard InChI is InChI=1S/C11H15NO3S/c12-16(14,15)11-7-2-1-4-9(11)8-5-3-6-10(8)13/h1-2,4,7-8,10,13H,3,5-6H2,(H2,12,14,15). The highest BCUT2D eigenvalue weighted by atomic mass is 32.2. The van der Waals surface area contributed by atoms with Gasteiger partial charge in [0.15, 0.2) is 0 Å². The number of aliphatic hydroxyl groups is 1. The van der Waals surface area contributed by atoms with Gasteiger partial charge in [-0.25, -0.2) is 13.6 Å². The largest absolute Gasteiger partial charge is 0.392 e. The monoisotopic (exact) mass is 241 g/mol. The van der Waals surface area contributed by atoms with E-state index in [-0.39, 0.29) is 10.8 Å². The Kier molecular flexibility index (Phi) is 3.01. The smallest absolute Gasteiger partial charge is 0.238 e. The third-order valence-corrected chi connectivity index (χ3v) is 4.09. The number of hydrogen-bond acceptors (Lipinski definition) is 3. The maximum Gasteiger partial charge on any atom is 0.238 e. The Morgan fingerprint density at radius 3 is 2.50 bits per heavy atom. The number of sulfonamides is 1. The van der Waals surface area contributed by atoms with Crippen molar-refractivity contribution in [3.8, 4) is 0 Å². The zero-order valence-electron chi connectivity index (χ0n) is 8.83. The molecular weight excluding hydrogens is 226 g/mol. The minimum atomic E-state index is -3.71. The highest BCUT2D eigenvalue weighted by Crippen LogP contribution is 2.37. The van der Waals surface area contributed by atoms with E-state index in [4.69, 9.17) is 5.14 Å². The summed E-state index contributed by atoms with van der Waals surface area (Å²) >= 11 is 0. The molecule has 0 radical (unpaired) electrons. The molecule has 1 aromatic rings. The van der Waals surface area contributed by atoms with Gasteiger partial charge in [-0.15, -0.1) is 0 Å². The number of nitrogens with two attached hydrogens (primary N) is 1. The van der Waals surface area contributed by atoms with Crippen LogP contribution in [0.1, 0.15) is 30.7 Å². The van der Waals surface area contributed by atoms with E-state index in [9.17, 15) is 13.5 Å². The SMILES string of the molecule is NS(=O)(=O)c1ccccc1C1CCCC1O. The first-order valence-corrected chi connectivity index (χ1v) is 6.84. The fraction of sp³-hybridized carbons (Fsp3) is 0.455. The topological polar surface area (TPSA) is 80.4 Å². The molecule has 2 atom stereocenters. The molecule has 2 unspecified atom stereocenters. The van der Waals surface area contributed by atoms with Gasteiger partial charge in [0.25, 0.3) is 0 Å². The van der Waals surface area contributed by atoms with Crippen LogP contribution < -0.4 is 5.14 Å². The molecule has 3 N–H and O–H groups in total. The minimum absolute atomic E-state index is 0.102. The van der Waals surface area contributed by atoms with Crippen molar-refractivity contribution < 1.29 is 13.5 Å². The zero-order valence-corrected chi connectivity index (χ0v) is 9.65. The van der Waals surface area contributed by atoms with Gasteiger partial charge in [-0.1, -0.05) is 24.6 Å². The Hall–Kier alpha value is -0.910. The molecule has 1 fully saturated rings. The first kappa shape index (κ1) is 11.6. The van der Waals surface area contributed by atoms with Gasteiger partial charge in [0.1, 0.15) is 0 Å². The molecule has 0 saturated heterocycles. The number of hydrogen-bond donors (Lipinski definition) is 2. The third kappa shape index (κ3) is 2.11. The van der Waals surface area contributed by atoms with E-state index >= 15 is 0 Å². The Morgan fingerprint density at radius 2 is 1.94 bits per heavy atom. The lowest BCUT2D eigenvalue weighted by atomic mass is 9.96. The van der Waals surface area contributed by atoms with Crippen LogP contribution >= 0.6 is 0 Å². The molecule has 4 nitrogen and oxygen atoms in total. The summed E-state index contributed by atoms with van der Waals surface area (Å²) in [6.07, 6.45) is 2.00. The molecule has 5 heteroatoms. The summed E-state index contributed by atoms with van der Waals surface area (Å²) in [5.74, 6) is -0.102. The van der Waals surface area contributed by atoms with Crippen molar-refractivity contribution in [3.63, 3.8) is 0 Å². The van der Waals surface area contributed by atoms with E-state index in [0.717, 1.165) is 19.3 Å². The molecule has 0 heterocycles. The van der Waals surface area contributed by atoms with E-state index in [1.165, 1.54) is 6.07 Å². The second kappa shape index (κ2) is 4.16. The molecule has 0 bridgehead atoms. The first-order valence-electron chi connectivity index (χ1n) is 5.30. The predicted molar refractivity (Wildman–Crippen MR) is 60.4 cm³/mol. The van der Waals surface area contributed by atoms with E-state index < -0.39 is 16.1 Å². The van der Waals surface area contributed by atoms with E-state index in [1.54, 1.807) is 18.2 Å². The highest BCUT2D eigenvalue weighted by Gasteiger charge is 2.30. The van der Waals surface area contributed by atoms with Crippen LogP contribution in [-0.4, -0.2) is 19.6 Å². The van der Waals surface area contributed by atoms with Gasteiger partial charge in [0, 0.05) is 5.92 Å². The van der Waals surface area contributed by atoms with Crippen molar-refractivity contribution in [1.82, 2.24) is 0 Å². The minimum Gasteiger partial charge on any atom is -0.392 e. The second-order valence-corrected chi connectivity index (χ2v) is 5.72. The Balaban J connectivity index is 2.48. The lowest BCUT2D eigenvalue weighted by Gasteiger charge is -2.17. The molecule has 0 spiro atoms. The van der Waals surface area contributed by atoms with Crippen LogP contribution in [0.15, 0.2) is 29.2 Å². The Morgan fingerprint density at radius 1 is 1.25 bits per heavy atom. The quantitative estimate of drug-likeness (QED) is 0.809. The van der Waals surface area contributed by atoms with Gasteiger partial charge in [-0.05, 0) is 24.5 Å². The van der Waals surface area contributed by atoms with Crippen LogP contribution in [0.25, 0.3) is 0 Å². The number of benzene rings is 1. The van der Waals surface area contributed by atoms with Gasteiger partial charge in [-0.3, -0.25) is 0 Å². The molecule has 1 aliphatic carbocycles. The van der Waals surface area contributed by atoms with Crippen molar-refractivity contribution in [2.24, 2.45) is 5.14 Å². The summed E-state index contributed by atoms with van der Waals surface area (Å²) in [6, 6.07) is 6.65. The average Bonchev–Trinajstić information content (AvgIpc) is 2.63. The molecular formula is C11H15NO3S. The Labute approximate surface area is 95.1 Å². The van der Waals surface area contributed by atoms with Crippen LogP contribution in [0, 0.1) is 0 Å². The number of primary sulfonamides is 1. The van der Waals surface area contributed by atoms with Crippen molar-refractivity contribution in [2.75, 3.05) is 0 Å². The molecule has 1 aromatic carbocycles. The third-order valence-electron chi connectivity index (χ3n) is 3.10. The van der Waals surface area contributed by atoms with Gasteiger partial charge in [0.2, 0.25) is 10.0 Å². The van der Waals surface area contributed by atoms with Crippen molar-refractivity contribution in [2.45, 2.75) is 36.2 Å². The summed E-state index contributed by atoms with van der Waals surface area (Å²) in [4.78, 5) is 0.140. The highest BCUT2D eigenvalue weighted by molar-refractivity contribution is 7.89. The van der Waals surface area contributed by atoms with Crippen LogP contribution in [0.2, 0.25) is 0 Å². The molecule has 0 aliphatic heterocycles. The summed E-state index contributed by atoms with van der Waals surface area (Å²) in [7, 11) is -3.71. The van der Waals surface area contributed by atoms with Crippen LogP contribution in [0.3, 0.4) is 0 Å². The summed E-state index contributed by atoms with van der Waals surface area (Å²) < 4.78 is 22.8. The maximum absolute atomic E-state index is 11.4. The van der Waals surface area contributed by atoms with Gasteiger partial charge in [0.05, 0.1) is 11.0 Å². The first-order chi connectivity index (χ1) is 7.50. The van der Waals surface area contributed by atoms with Crippen molar-refractivity contribution >= 4 is 10.0 Å². The van der Waals surface area contributed by atoms with Crippen LogP contribution in [0.5, 0.6) is 0 Å². The molecule has 0 amide bonds. The van der Waals surface area contributed by atoms with Crippen LogP contribution in [-0.2, 0) is 10.0 Å². The van der Waals surface area contributed by atoms with Gasteiger partial charge in [-0.2, -0.15) is 0 Å². The summed E-state index contributed by atoms with van der Waals surface area (Å²) in [5, 5.41) is 15.0. The molecule has 16 heavy (non-hydrogen) atoms. The number of rotatable bonds is 2. The lowest BCUT2D eigenvalue weighted by molar-refractivity contribution is 0.163. The average molecular weight is 241 g/mol. The molecule has 1 aliphatic rings. The second-order valence-electron chi connectivity index (χ2n) is 4.19. The van der Waals surface area contributed by atoms with Crippen molar-refractivity contribution in [3.05, 3.63) is 29.8 Å². The van der Waals surface area contributed by atoms with E-state index in [2.05, 4.69) is 0 Å². The molecule has 88 valence electrons. The Bertz CT molecular complexity index is 484. The van der Waals surface area contributed by atoms with Crippen molar-refractivity contribution in [1.29, 1.82) is 0 Å². The zero-order chi connectivity index (χ0) is 11.8. The predicted octanol–water partition coefficient (Wildman–Crippen LogP) is 0.962. The van der Waals surface area contributed by atoms with Crippen LogP contribution in [0.4, 0.5) is 0 Å². The number of aliphatic hydroxyl groups excluding tert-OH is 1. The molecule has 2 rings (SSSR count). The summed E-state index contributed by atoms with van der Waals surface area (Å²) in [5.41, 5.74) is 0.648. The molecule has 0 aromatic heterocycles. The fourth-order valence-corrected chi connectivity index (χ4v) is 3.17. The lowest BCUT2D eigenvalue weighted by Crippen LogP contribution is -2.19. The van der Waals surface area contributed by atoms with Gasteiger partial charge < -0.3 is 5.11 Å². The normalized spacial score (nSPS) is 25.9. The van der Waals surface area contributed by atoms with E-state index in [0.29, 0.717) is 5.56 Å². The summed E-state index contributed by atoms with van der Waals surface area (Å²) in [6.45, 7) is 0. The maximum atomic E-state index is 11.4.